The van der Waals surface area contributed by atoms with Gasteiger partial charge in [0.15, 0.2) is 5.82 Å². The first-order valence-electron chi connectivity index (χ1n) is 6.33. The van der Waals surface area contributed by atoms with Crippen LogP contribution in [0.2, 0.25) is 0 Å². The standard InChI is InChI=1S/C13H19N5/c1-9-10(2)16-17-13(12(9)7-14)18-6-4-5-11(8-18)15-3/h11,15H,4-6,8H2,1-3H3. The summed E-state index contributed by atoms with van der Waals surface area (Å²) in [6.45, 7) is 5.66. The average Bonchev–Trinajstić information content (AvgIpc) is 2.41. The van der Waals surface area contributed by atoms with E-state index in [4.69, 9.17) is 0 Å². The highest BCUT2D eigenvalue weighted by Crippen LogP contribution is 2.24. The van der Waals surface area contributed by atoms with E-state index in [2.05, 4.69) is 26.5 Å². The Balaban J connectivity index is 2.33. The lowest BCUT2D eigenvalue weighted by Crippen LogP contribution is -2.45. The number of nitrogens with zero attached hydrogens (tertiary/aromatic N) is 4. The Kier molecular flexibility index (Phi) is 3.78. The molecule has 0 radical (unpaired) electrons. The van der Waals surface area contributed by atoms with Crippen molar-refractivity contribution in [2.24, 2.45) is 0 Å². The molecular weight excluding hydrogens is 226 g/mol. The van der Waals surface area contributed by atoms with E-state index in [0.29, 0.717) is 11.6 Å². The molecule has 5 nitrogen and oxygen atoms in total. The fraction of sp³-hybridized carbons (Fsp3) is 0.615. The van der Waals surface area contributed by atoms with Gasteiger partial charge in [0.2, 0.25) is 0 Å². The largest absolute Gasteiger partial charge is 0.352 e. The Morgan fingerprint density at radius 1 is 1.39 bits per heavy atom. The highest BCUT2D eigenvalue weighted by molar-refractivity contribution is 5.57. The van der Waals surface area contributed by atoms with Gasteiger partial charge < -0.3 is 10.2 Å². The van der Waals surface area contributed by atoms with E-state index < -0.39 is 0 Å². The van der Waals surface area contributed by atoms with Crippen LogP contribution in [0.15, 0.2) is 0 Å². The van der Waals surface area contributed by atoms with Gasteiger partial charge in [-0.3, -0.25) is 0 Å². The second-order valence-corrected chi connectivity index (χ2v) is 4.79. The lowest BCUT2D eigenvalue weighted by molar-refractivity contribution is 0.446. The Bertz CT molecular complexity index is 477. The van der Waals surface area contributed by atoms with Gasteiger partial charge in [0.25, 0.3) is 0 Å². The molecule has 1 N–H and O–H groups in total. The maximum atomic E-state index is 9.32. The van der Waals surface area contributed by atoms with Crippen molar-refractivity contribution in [2.75, 3.05) is 25.0 Å². The molecule has 1 unspecified atom stereocenters. The van der Waals surface area contributed by atoms with Crippen LogP contribution in [0.1, 0.15) is 29.7 Å². The number of piperidine rings is 1. The SMILES string of the molecule is CNC1CCCN(c2nnc(C)c(C)c2C#N)C1. The molecule has 0 spiro atoms. The minimum atomic E-state index is 0.466. The van der Waals surface area contributed by atoms with Crippen molar-refractivity contribution in [1.82, 2.24) is 15.5 Å². The topological polar surface area (TPSA) is 64.8 Å². The highest BCUT2D eigenvalue weighted by Gasteiger charge is 2.23. The van der Waals surface area contributed by atoms with Gasteiger partial charge in [0, 0.05) is 19.1 Å². The molecule has 2 heterocycles. The summed E-state index contributed by atoms with van der Waals surface area (Å²) in [7, 11) is 1.98. The molecular formula is C13H19N5. The number of aromatic nitrogens is 2. The number of nitriles is 1. The number of aryl methyl sites for hydroxylation is 1. The van der Waals surface area contributed by atoms with Gasteiger partial charge in [0.1, 0.15) is 11.6 Å². The summed E-state index contributed by atoms with van der Waals surface area (Å²) >= 11 is 0. The monoisotopic (exact) mass is 245 g/mol. The first-order valence-corrected chi connectivity index (χ1v) is 6.33. The molecule has 5 heteroatoms. The quantitative estimate of drug-likeness (QED) is 0.847. The molecule has 0 saturated carbocycles. The number of nitrogens with one attached hydrogen (secondary N) is 1. The van der Waals surface area contributed by atoms with E-state index >= 15 is 0 Å². The maximum absolute atomic E-state index is 9.32. The highest BCUT2D eigenvalue weighted by atomic mass is 15.3. The molecule has 1 aliphatic rings. The first kappa shape index (κ1) is 12.8. The molecule has 1 aromatic heterocycles. The molecule has 1 saturated heterocycles. The van der Waals surface area contributed by atoms with Gasteiger partial charge in [-0.05, 0) is 39.3 Å². The normalized spacial score (nSPS) is 19.7. The molecule has 1 aliphatic heterocycles. The third kappa shape index (κ3) is 2.29. The second-order valence-electron chi connectivity index (χ2n) is 4.79. The third-order valence-corrected chi connectivity index (χ3v) is 3.68. The molecule has 0 aromatic carbocycles. The predicted molar refractivity (Wildman–Crippen MR) is 70.5 cm³/mol. The van der Waals surface area contributed by atoms with Crippen molar-refractivity contribution >= 4 is 5.82 Å². The van der Waals surface area contributed by atoms with Crippen LogP contribution in [0.4, 0.5) is 5.82 Å². The summed E-state index contributed by atoms with van der Waals surface area (Å²) in [6, 6.07) is 2.74. The predicted octanol–water partition coefficient (Wildman–Crippen LogP) is 1.15. The molecule has 0 bridgehead atoms. The van der Waals surface area contributed by atoms with Crippen molar-refractivity contribution in [2.45, 2.75) is 32.7 Å². The third-order valence-electron chi connectivity index (χ3n) is 3.68. The summed E-state index contributed by atoms with van der Waals surface area (Å²) in [6.07, 6.45) is 2.29. The molecule has 0 amide bonds. The van der Waals surface area contributed by atoms with Crippen molar-refractivity contribution in [1.29, 1.82) is 5.26 Å². The lowest BCUT2D eigenvalue weighted by Gasteiger charge is -2.33. The summed E-state index contributed by atoms with van der Waals surface area (Å²) < 4.78 is 0. The second kappa shape index (κ2) is 5.32. The van der Waals surface area contributed by atoms with Gasteiger partial charge in [-0.15, -0.1) is 5.10 Å². The summed E-state index contributed by atoms with van der Waals surface area (Å²) in [4.78, 5) is 2.17. The summed E-state index contributed by atoms with van der Waals surface area (Å²) in [5.74, 6) is 0.737. The number of likely N-dealkylation sites (N-methyl/N-ethyl adjacent to an activating group) is 1. The molecule has 1 atom stereocenters. The van der Waals surface area contributed by atoms with Crippen molar-refractivity contribution in [3.8, 4) is 6.07 Å². The van der Waals surface area contributed by atoms with Gasteiger partial charge in [-0.1, -0.05) is 0 Å². The zero-order chi connectivity index (χ0) is 13.1. The number of hydrogen-bond donors (Lipinski definition) is 1. The van der Waals surface area contributed by atoms with Crippen LogP contribution >= 0.6 is 0 Å². The molecule has 2 rings (SSSR count). The zero-order valence-corrected chi connectivity index (χ0v) is 11.2. The van der Waals surface area contributed by atoms with Crippen LogP contribution in [-0.4, -0.2) is 36.4 Å². The van der Waals surface area contributed by atoms with Gasteiger partial charge in [0.05, 0.1) is 5.69 Å². The van der Waals surface area contributed by atoms with E-state index in [1.165, 1.54) is 6.42 Å². The fourth-order valence-corrected chi connectivity index (χ4v) is 2.36. The minimum absolute atomic E-state index is 0.466. The lowest BCUT2D eigenvalue weighted by atomic mass is 10.0. The number of anilines is 1. The van der Waals surface area contributed by atoms with Crippen LogP contribution in [0.25, 0.3) is 0 Å². The smallest absolute Gasteiger partial charge is 0.169 e. The Labute approximate surface area is 108 Å². The molecule has 18 heavy (non-hydrogen) atoms. The van der Waals surface area contributed by atoms with Crippen LogP contribution in [0, 0.1) is 25.2 Å². The molecule has 0 aliphatic carbocycles. The van der Waals surface area contributed by atoms with E-state index in [1.54, 1.807) is 0 Å². The molecule has 1 fully saturated rings. The summed E-state index contributed by atoms with van der Waals surface area (Å²) in [5.41, 5.74) is 2.44. The van der Waals surface area contributed by atoms with Crippen molar-refractivity contribution in [3.63, 3.8) is 0 Å². The maximum Gasteiger partial charge on any atom is 0.169 e. The fourth-order valence-electron chi connectivity index (χ4n) is 2.36. The Morgan fingerprint density at radius 2 is 2.17 bits per heavy atom. The number of hydrogen-bond acceptors (Lipinski definition) is 5. The van der Waals surface area contributed by atoms with Crippen LogP contribution in [0.3, 0.4) is 0 Å². The van der Waals surface area contributed by atoms with E-state index in [-0.39, 0.29) is 0 Å². The van der Waals surface area contributed by atoms with Crippen LogP contribution < -0.4 is 10.2 Å². The van der Waals surface area contributed by atoms with Crippen LogP contribution in [0.5, 0.6) is 0 Å². The minimum Gasteiger partial charge on any atom is -0.352 e. The van der Waals surface area contributed by atoms with Crippen molar-refractivity contribution in [3.05, 3.63) is 16.8 Å². The number of rotatable bonds is 2. The van der Waals surface area contributed by atoms with E-state index in [1.807, 2.05) is 20.9 Å². The first-order chi connectivity index (χ1) is 8.67. The van der Waals surface area contributed by atoms with Gasteiger partial charge in [-0.2, -0.15) is 10.4 Å². The average molecular weight is 245 g/mol. The van der Waals surface area contributed by atoms with Crippen LogP contribution in [-0.2, 0) is 0 Å². The van der Waals surface area contributed by atoms with Gasteiger partial charge in [-0.25, -0.2) is 0 Å². The van der Waals surface area contributed by atoms with E-state index in [0.717, 1.165) is 36.6 Å². The van der Waals surface area contributed by atoms with E-state index in [9.17, 15) is 5.26 Å². The Hall–Kier alpha value is -1.67. The van der Waals surface area contributed by atoms with Crippen molar-refractivity contribution < 1.29 is 0 Å². The van der Waals surface area contributed by atoms with Gasteiger partial charge >= 0.3 is 0 Å². The zero-order valence-electron chi connectivity index (χ0n) is 11.2. The Morgan fingerprint density at radius 3 is 2.83 bits per heavy atom. The molecule has 96 valence electrons. The summed E-state index contributed by atoms with van der Waals surface area (Å²) in [5, 5.41) is 21.0. The molecule has 1 aromatic rings.